The highest BCUT2D eigenvalue weighted by atomic mass is 35.5. The minimum absolute atomic E-state index is 0.275. The number of hydrogen-bond donors (Lipinski definition) is 1. The van der Waals surface area contributed by atoms with E-state index in [1.807, 2.05) is 24.3 Å². The van der Waals surface area contributed by atoms with Crippen molar-refractivity contribution < 1.29 is 14.3 Å². The first kappa shape index (κ1) is 15.9. The van der Waals surface area contributed by atoms with Crippen molar-refractivity contribution in [1.82, 2.24) is 0 Å². The van der Waals surface area contributed by atoms with Crippen molar-refractivity contribution in [3.8, 4) is 11.5 Å². The smallest absolute Gasteiger partial charge is 0.248 e. The summed E-state index contributed by atoms with van der Waals surface area (Å²) in [6.07, 6.45) is 3.14. The van der Waals surface area contributed by atoms with Gasteiger partial charge >= 0.3 is 0 Å². The van der Waals surface area contributed by atoms with E-state index in [-0.39, 0.29) is 5.91 Å². The highest BCUT2D eigenvalue weighted by Crippen LogP contribution is 2.27. The lowest BCUT2D eigenvalue weighted by Crippen LogP contribution is -2.08. The number of carbonyl (C=O) groups excluding carboxylic acids is 1. The van der Waals surface area contributed by atoms with E-state index in [0.29, 0.717) is 16.5 Å². The molecule has 0 unspecified atom stereocenters. The summed E-state index contributed by atoms with van der Waals surface area (Å²) >= 11 is 5.92. The zero-order chi connectivity index (χ0) is 15.9. The highest BCUT2D eigenvalue weighted by molar-refractivity contribution is 6.31. The van der Waals surface area contributed by atoms with Gasteiger partial charge in [0.05, 0.1) is 19.9 Å². The molecule has 0 aromatic heterocycles. The number of anilines is 1. The fourth-order valence-corrected chi connectivity index (χ4v) is 2.04. The molecule has 0 aliphatic carbocycles. The average Bonchev–Trinajstić information content (AvgIpc) is 2.53. The summed E-state index contributed by atoms with van der Waals surface area (Å²) in [6, 6.07) is 12.4. The molecule has 0 heterocycles. The molecule has 0 saturated heterocycles. The third kappa shape index (κ3) is 4.27. The van der Waals surface area contributed by atoms with Crippen molar-refractivity contribution in [2.24, 2.45) is 0 Å². The molecule has 22 heavy (non-hydrogen) atoms. The molecule has 0 spiro atoms. The van der Waals surface area contributed by atoms with Crippen LogP contribution in [0, 0.1) is 0 Å². The van der Waals surface area contributed by atoms with E-state index in [1.54, 1.807) is 31.4 Å². The highest BCUT2D eigenvalue weighted by Gasteiger charge is 2.06. The maximum absolute atomic E-state index is 12.0. The minimum Gasteiger partial charge on any atom is -0.497 e. The first-order valence-corrected chi connectivity index (χ1v) is 6.97. The second kappa shape index (κ2) is 7.52. The molecule has 0 aliphatic rings. The zero-order valence-corrected chi connectivity index (χ0v) is 13.1. The standard InChI is InChI=1S/C17H16ClNO3/c1-21-14-5-3-4-12(10-14)6-9-17(20)19-15-11-13(18)7-8-16(15)22-2/h3-11H,1-2H3,(H,19,20)/b9-6+. The van der Waals surface area contributed by atoms with Gasteiger partial charge in [-0.1, -0.05) is 23.7 Å². The van der Waals surface area contributed by atoms with E-state index < -0.39 is 0 Å². The van der Waals surface area contributed by atoms with Gasteiger partial charge in [-0.05, 0) is 42.0 Å². The summed E-state index contributed by atoms with van der Waals surface area (Å²) in [5.74, 6) is 1.01. The summed E-state index contributed by atoms with van der Waals surface area (Å²) < 4.78 is 10.3. The average molecular weight is 318 g/mol. The first-order valence-electron chi connectivity index (χ1n) is 6.59. The molecule has 4 nitrogen and oxygen atoms in total. The van der Waals surface area contributed by atoms with Crippen molar-refractivity contribution in [2.75, 3.05) is 19.5 Å². The van der Waals surface area contributed by atoms with Crippen molar-refractivity contribution in [1.29, 1.82) is 0 Å². The predicted molar refractivity (Wildman–Crippen MR) is 88.7 cm³/mol. The van der Waals surface area contributed by atoms with Gasteiger partial charge in [0, 0.05) is 11.1 Å². The van der Waals surface area contributed by atoms with Crippen LogP contribution in [0.15, 0.2) is 48.5 Å². The molecule has 0 fully saturated rings. The van der Waals surface area contributed by atoms with E-state index in [4.69, 9.17) is 21.1 Å². The molecule has 1 N–H and O–H groups in total. The molecule has 0 saturated carbocycles. The zero-order valence-electron chi connectivity index (χ0n) is 12.3. The second-order valence-corrected chi connectivity index (χ2v) is 4.88. The Labute approximate surface area is 134 Å². The van der Waals surface area contributed by atoms with Gasteiger partial charge in [-0.3, -0.25) is 4.79 Å². The van der Waals surface area contributed by atoms with E-state index in [1.165, 1.54) is 13.2 Å². The quantitative estimate of drug-likeness (QED) is 0.848. The van der Waals surface area contributed by atoms with Gasteiger partial charge in [-0.15, -0.1) is 0 Å². The van der Waals surface area contributed by atoms with E-state index in [2.05, 4.69) is 5.32 Å². The molecule has 2 aromatic carbocycles. The summed E-state index contributed by atoms with van der Waals surface area (Å²) in [5.41, 5.74) is 1.39. The maximum atomic E-state index is 12.0. The first-order chi connectivity index (χ1) is 10.6. The van der Waals surface area contributed by atoms with Gasteiger partial charge < -0.3 is 14.8 Å². The molecule has 1 amide bonds. The summed E-state index contributed by atoms with van der Waals surface area (Å²) in [6.45, 7) is 0. The normalized spacial score (nSPS) is 10.5. The summed E-state index contributed by atoms with van der Waals surface area (Å²) in [7, 11) is 3.13. The Morgan fingerprint density at radius 2 is 1.95 bits per heavy atom. The van der Waals surface area contributed by atoms with Gasteiger partial charge in [-0.2, -0.15) is 0 Å². The van der Waals surface area contributed by atoms with Crippen LogP contribution in [0.4, 0.5) is 5.69 Å². The van der Waals surface area contributed by atoms with Crippen LogP contribution in [-0.2, 0) is 4.79 Å². The van der Waals surface area contributed by atoms with Crippen LogP contribution < -0.4 is 14.8 Å². The van der Waals surface area contributed by atoms with Crippen LogP contribution in [-0.4, -0.2) is 20.1 Å². The van der Waals surface area contributed by atoms with Crippen LogP contribution in [0.5, 0.6) is 11.5 Å². The third-order valence-electron chi connectivity index (χ3n) is 2.94. The number of nitrogens with one attached hydrogen (secondary N) is 1. The fourth-order valence-electron chi connectivity index (χ4n) is 1.87. The minimum atomic E-state index is -0.275. The number of carbonyl (C=O) groups is 1. The number of benzene rings is 2. The van der Waals surface area contributed by atoms with Crippen molar-refractivity contribution >= 4 is 29.3 Å². The Hall–Kier alpha value is -2.46. The monoisotopic (exact) mass is 317 g/mol. The Kier molecular flexibility index (Phi) is 5.44. The van der Waals surface area contributed by atoms with Crippen LogP contribution in [0.1, 0.15) is 5.56 Å². The van der Waals surface area contributed by atoms with Crippen LogP contribution in [0.25, 0.3) is 6.08 Å². The van der Waals surface area contributed by atoms with E-state index >= 15 is 0 Å². The molecular formula is C17H16ClNO3. The Bertz CT molecular complexity index is 698. The van der Waals surface area contributed by atoms with Crippen LogP contribution in [0.3, 0.4) is 0 Å². The molecular weight excluding hydrogens is 302 g/mol. The second-order valence-electron chi connectivity index (χ2n) is 4.44. The molecule has 0 aliphatic heterocycles. The number of rotatable bonds is 5. The summed E-state index contributed by atoms with van der Waals surface area (Å²) in [5, 5.41) is 3.26. The van der Waals surface area contributed by atoms with Gasteiger partial charge in [0.25, 0.3) is 0 Å². The topological polar surface area (TPSA) is 47.6 Å². The van der Waals surface area contributed by atoms with Gasteiger partial charge in [0.15, 0.2) is 0 Å². The maximum Gasteiger partial charge on any atom is 0.248 e. The molecule has 2 aromatic rings. The molecule has 0 radical (unpaired) electrons. The van der Waals surface area contributed by atoms with E-state index in [9.17, 15) is 4.79 Å². The SMILES string of the molecule is COc1cccc(/C=C/C(=O)Nc2cc(Cl)ccc2OC)c1. The molecule has 2 rings (SSSR count). The third-order valence-corrected chi connectivity index (χ3v) is 3.18. The largest absolute Gasteiger partial charge is 0.497 e. The fraction of sp³-hybridized carbons (Fsp3) is 0.118. The lowest BCUT2D eigenvalue weighted by atomic mass is 10.2. The number of hydrogen-bond acceptors (Lipinski definition) is 3. The Balaban J connectivity index is 2.09. The van der Waals surface area contributed by atoms with Gasteiger partial charge in [-0.25, -0.2) is 0 Å². The number of halogens is 1. The summed E-state index contributed by atoms with van der Waals surface area (Å²) in [4.78, 5) is 12.0. The van der Waals surface area contributed by atoms with Crippen molar-refractivity contribution in [3.05, 3.63) is 59.1 Å². The number of ether oxygens (including phenoxy) is 2. The number of methoxy groups -OCH3 is 2. The molecule has 0 bridgehead atoms. The van der Waals surface area contributed by atoms with Gasteiger partial charge in [0.1, 0.15) is 11.5 Å². The van der Waals surface area contributed by atoms with Crippen LogP contribution in [0.2, 0.25) is 5.02 Å². The lowest BCUT2D eigenvalue weighted by molar-refractivity contribution is -0.111. The number of amides is 1. The molecule has 114 valence electrons. The van der Waals surface area contributed by atoms with Gasteiger partial charge in [0.2, 0.25) is 5.91 Å². The Morgan fingerprint density at radius 3 is 2.68 bits per heavy atom. The molecule has 5 heteroatoms. The molecule has 0 atom stereocenters. The Morgan fingerprint density at radius 1 is 1.14 bits per heavy atom. The predicted octanol–water partition coefficient (Wildman–Crippen LogP) is 4.01. The van der Waals surface area contributed by atoms with E-state index in [0.717, 1.165) is 11.3 Å². The van der Waals surface area contributed by atoms with Crippen molar-refractivity contribution in [3.63, 3.8) is 0 Å². The van der Waals surface area contributed by atoms with Crippen molar-refractivity contribution in [2.45, 2.75) is 0 Å². The lowest BCUT2D eigenvalue weighted by Gasteiger charge is -2.09. The van der Waals surface area contributed by atoms with Crippen LogP contribution >= 0.6 is 11.6 Å².